The number of fused-ring (bicyclic) bond motifs is 3. The molecule has 0 saturated heterocycles. The van der Waals surface area contributed by atoms with E-state index in [1.807, 2.05) is 35.9 Å². The SMILES string of the molecule is Cn1c2ccccc2c2nnc(Nc3ccc(O)cc3)nc21. The van der Waals surface area contributed by atoms with Gasteiger partial charge in [-0.15, -0.1) is 10.2 Å². The van der Waals surface area contributed by atoms with Crippen LogP contribution in [-0.4, -0.2) is 24.9 Å². The van der Waals surface area contributed by atoms with Crippen molar-refractivity contribution in [2.75, 3.05) is 5.32 Å². The van der Waals surface area contributed by atoms with Gasteiger partial charge < -0.3 is 15.0 Å². The monoisotopic (exact) mass is 291 g/mol. The lowest BCUT2D eigenvalue weighted by Gasteiger charge is -2.04. The molecule has 0 amide bonds. The number of aromatic nitrogens is 4. The standard InChI is InChI=1S/C16H13N5O/c1-21-13-5-3-2-4-12(13)14-15(21)18-16(20-19-14)17-10-6-8-11(22)9-7-10/h2-9,22H,1H3,(H,17,18,20). The van der Waals surface area contributed by atoms with E-state index in [4.69, 9.17) is 0 Å². The van der Waals surface area contributed by atoms with Crippen molar-refractivity contribution >= 4 is 33.7 Å². The molecule has 0 bridgehead atoms. The molecule has 0 spiro atoms. The third-order valence-electron chi connectivity index (χ3n) is 3.63. The van der Waals surface area contributed by atoms with E-state index in [-0.39, 0.29) is 5.75 Å². The molecule has 108 valence electrons. The fraction of sp³-hybridized carbons (Fsp3) is 0.0625. The molecule has 2 aromatic carbocycles. The van der Waals surface area contributed by atoms with Gasteiger partial charge in [-0.1, -0.05) is 18.2 Å². The molecule has 4 aromatic rings. The first kappa shape index (κ1) is 12.6. The van der Waals surface area contributed by atoms with E-state index in [0.717, 1.165) is 27.8 Å². The second-order valence-electron chi connectivity index (χ2n) is 5.06. The summed E-state index contributed by atoms with van der Waals surface area (Å²) in [7, 11) is 1.96. The number of rotatable bonds is 2. The Hall–Kier alpha value is -3.15. The number of aromatic hydroxyl groups is 1. The van der Waals surface area contributed by atoms with Crippen LogP contribution in [0.4, 0.5) is 11.6 Å². The molecule has 0 fully saturated rings. The van der Waals surface area contributed by atoms with Crippen molar-refractivity contribution in [1.29, 1.82) is 0 Å². The first-order chi connectivity index (χ1) is 10.7. The van der Waals surface area contributed by atoms with Crippen LogP contribution in [0.15, 0.2) is 48.5 Å². The van der Waals surface area contributed by atoms with Gasteiger partial charge in [0.15, 0.2) is 5.65 Å². The highest BCUT2D eigenvalue weighted by atomic mass is 16.3. The molecule has 2 heterocycles. The number of para-hydroxylation sites is 1. The summed E-state index contributed by atoms with van der Waals surface area (Å²) >= 11 is 0. The predicted octanol–water partition coefficient (Wildman–Crippen LogP) is 2.97. The molecule has 0 aliphatic heterocycles. The van der Waals surface area contributed by atoms with Gasteiger partial charge in [-0.2, -0.15) is 4.98 Å². The molecular formula is C16H13N5O. The van der Waals surface area contributed by atoms with Crippen molar-refractivity contribution in [3.8, 4) is 5.75 Å². The first-order valence-electron chi connectivity index (χ1n) is 6.86. The lowest BCUT2D eigenvalue weighted by atomic mass is 10.2. The number of hydrogen-bond donors (Lipinski definition) is 2. The topological polar surface area (TPSA) is 75.9 Å². The van der Waals surface area contributed by atoms with Gasteiger partial charge in [0.2, 0.25) is 5.95 Å². The maximum Gasteiger partial charge on any atom is 0.249 e. The third-order valence-corrected chi connectivity index (χ3v) is 3.63. The molecule has 6 heteroatoms. The summed E-state index contributed by atoms with van der Waals surface area (Å²) in [6.07, 6.45) is 0. The molecule has 0 radical (unpaired) electrons. The van der Waals surface area contributed by atoms with Crippen LogP contribution >= 0.6 is 0 Å². The minimum absolute atomic E-state index is 0.216. The quantitative estimate of drug-likeness (QED) is 0.555. The molecule has 2 aromatic heterocycles. The van der Waals surface area contributed by atoms with Gasteiger partial charge in [-0.3, -0.25) is 0 Å². The molecule has 4 rings (SSSR count). The van der Waals surface area contributed by atoms with Gasteiger partial charge in [0, 0.05) is 18.1 Å². The van der Waals surface area contributed by atoms with Crippen molar-refractivity contribution in [3.63, 3.8) is 0 Å². The van der Waals surface area contributed by atoms with Gasteiger partial charge >= 0.3 is 0 Å². The van der Waals surface area contributed by atoms with Crippen LogP contribution < -0.4 is 5.32 Å². The van der Waals surface area contributed by atoms with E-state index in [0.29, 0.717) is 5.95 Å². The Morgan fingerprint density at radius 3 is 2.59 bits per heavy atom. The Labute approximate surface area is 126 Å². The Balaban J connectivity index is 1.82. The van der Waals surface area contributed by atoms with Crippen molar-refractivity contribution in [2.24, 2.45) is 7.05 Å². The first-order valence-corrected chi connectivity index (χ1v) is 6.86. The smallest absolute Gasteiger partial charge is 0.249 e. The predicted molar refractivity (Wildman–Crippen MR) is 85.2 cm³/mol. The van der Waals surface area contributed by atoms with E-state index in [9.17, 15) is 5.11 Å². The Bertz CT molecular complexity index is 975. The zero-order valence-electron chi connectivity index (χ0n) is 11.9. The summed E-state index contributed by atoms with van der Waals surface area (Å²) in [6, 6.07) is 14.7. The average Bonchev–Trinajstić information content (AvgIpc) is 2.83. The zero-order valence-corrected chi connectivity index (χ0v) is 11.9. The number of phenolic OH excluding ortho intramolecular Hbond substituents is 1. The van der Waals surface area contributed by atoms with Crippen molar-refractivity contribution < 1.29 is 5.11 Å². The molecular weight excluding hydrogens is 278 g/mol. The van der Waals surface area contributed by atoms with Crippen LogP contribution in [-0.2, 0) is 7.05 Å². The molecule has 0 unspecified atom stereocenters. The van der Waals surface area contributed by atoms with Crippen molar-refractivity contribution in [1.82, 2.24) is 19.7 Å². The summed E-state index contributed by atoms with van der Waals surface area (Å²) in [6.45, 7) is 0. The number of nitrogens with one attached hydrogen (secondary N) is 1. The summed E-state index contributed by atoms with van der Waals surface area (Å²) in [5, 5.41) is 21.9. The lowest BCUT2D eigenvalue weighted by Crippen LogP contribution is -2.00. The van der Waals surface area contributed by atoms with Gasteiger partial charge in [0.05, 0.1) is 5.52 Å². The maximum absolute atomic E-state index is 9.31. The number of phenols is 1. The van der Waals surface area contributed by atoms with Gasteiger partial charge in [0.25, 0.3) is 0 Å². The van der Waals surface area contributed by atoms with E-state index < -0.39 is 0 Å². The Kier molecular flexibility index (Phi) is 2.69. The van der Waals surface area contributed by atoms with E-state index in [1.54, 1.807) is 24.3 Å². The van der Waals surface area contributed by atoms with Gasteiger partial charge in [-0.05, 0) is 30.3 Å². The highest BCUT2D eigenvalue weighted by molar-refractivity contribution is 6.04. The summed E-state index contributed by atoms with van der Waals surface area (Å²) in [5.74, 6) is 0.637. The molecule has 0 aliphatic rings. The summed E-state index contributed by atoms with van der Waals surface area (Å²) in [5.41, 5.74) is 3.42. The molecule has 2 N–H and O–H groups in total. The van der Waals surface area contributed by atoms with Crippen LogP contribution in [0, 0.1) is 0 Å². The highest BCUT2D eigenvalue weighted by Crippen LogP contribution is 2.25. The minimum Gasteiger partial charge on any atom is -0.508 e. The van der Waals surface area contributed by atoms with Crippen molar-refractivity contribution in [3.05, 3.63) is 48.5 Å². The highest BCUT2D eigenvalue weighted by Gasteiger charge is 2.12. The largest absolute Gasteiger partial charge is 0.508 e. The summed E-state index contributed by atoms with van der Waals surface area (Å²) in [4.78, 5) is 4.55. The molecule has 22 heavy (non-hydrogen) atoms. The fourth-order valence-electron chi connectivity index (χ4n) is 2.53. The Morgan fingerprint density at radius 2 is 1.77 bits per heavy atom. The second kappa shape index (κ2) is 4.70. The lowest BCUT2D eigenvalue weighted by molar-refractivity contribution is 0.475. The van der Waals surface area contributed by atoms with Gasteiger partial charge in [0.1, 0.15) is 11.3 Å². The van der Waals surface area contributed by atoms with Crippen LogP contribution in [0.5, 0.6) is 5.75 Å². The second-order valence-corrected chi connectivity index (χ2v) is 5.06. The molecule has 0 atom stereocenters. The zero-order chi connectivity index (χ0) is 15.1. The number of benzene rings is 2. The molecule has 6 nitrogen and oxygen atoms in total. The van der Waals surface area contributed by atoms with Gasteiger partial charge in [-0.25, -0.2) is 0 Å². The number of anilines is 2. The molecule has 0 saturated carbocycles. The van der Waals surface area contributed by atoms with E-state index in [2.05, 4.69) is 20.5 Å². The van der Waals surface area contributed by atoms with Crippen LogP contribution in [0.2, 0.25) is 0 Å². The molecule has 0 aliphatic carbocycles. The number of nitrogens with zero attached hydrogens (tertiary/aromatic N) is 4. The van der Waals surface area contributed by atoms with Crippen LogP contribution in [0.1, 0.15) is 0 Å². The number of hydrogen-bond acceptors (Lipinski definition) is 5. The Morgan fingerprint density at radius 1 is 1.00 bits per heavy atom. The normalized spacial score (nSPS) is 11.1. The average molecular weight is 291 g/mol. The fourth-order valence-corrected chi connectivity index (χ4v) is 2.53. The minimum atomic E-state index is 0.216. The van der Waals surface area contributed by atoms with E-state index >= 15 is 0 Å². The third kappa shape index (κ3) is 1.93. The van der Waals surface area contributed by atoms with E-state index in [1.165, 1.54) is 0 Å². The number of aryl methyl sites for hydroxylation is 1. The maximum atomic E-state index is 9.31. The summed E-state index contributed by atoms with van der Waals surface area (Å²) < 4.78 is 2.00. The van der Waals surface area contributed by atoms with Crippen LogP contribution in [0.25, 0.3) is 22.1 Å². The van der Waals surface area contributed by atoms with Crippen LogP contribution in [0.3, 0.4) is 0 Å². The van der Waals surface area contributed by atoms with Crippen molar-refractivity contribution in [2.45, 2.75) is 0 Å².